The highest BCUT2D eigenvalue weighted by molar-refractivity contribution is 5.76. The van der Waals surface area contributed by atoms with Gasteiger partial charge in [0.05, 0.1) is 0 Å². The number of rotatable bonds is 5. The highest BCUT2D eigenvalue weighted by atomic mass is 16.2. The lowest BCUT2D eigenvalue weighted by Gasteiger charge is -2.24. The fraction of sp³-hybridized carbons (Fsp3) is 0.714. The van der Waals surface area contributed by atoms with Gasteiger partial charge >= 0.3 is 12.1 Å². The molecule has 0 aromatic heterocycles. The summed E-state index contributed by atoms with van der Waals surface area (Å²) in [7, 11) is 0. The number of likely N-dealkylation sites (tertiary alicyclic amines) is 1. The van der Waals surface area contributed by atoms with Gasteiger partial charge in [0, 0.05) is 38.8 Å². The van der Waals surface area contributed by atoms with Crippen LogP contribution in [-0.4, -0.2) is 60.6 Å². The zero-order valence-electron chi connectivity index (χ0n) is 12.7. The Morgan fingerprint density at radius 3 is 2.65 bits per heavy atom. The summed E-state index contributed by atoms with van der Waals surface area (Å²) in [5.74, 6) is 0. The summed E-state index contributed by atoms with van der Waals surface area (Å²) in [6.45, 7) is 12.7. The summed E-state index contributed by atoms with van der Waals surface area (Å²) in [6, 6.07) is -0.110. The van der Waals surface area contributed by atoms with E-state index < -0.39 is 0 Å². The van der Waals surface area contributed by atoms with E-state index in [-0.39, 0.29) is 18.1 Å². The van der Waals surface area contributed by atoms with Crippen molar-refractivity contribution in [1.29, 1.82) is 0 Å². The number of nitrogens with zero attached hydrogens (tertiary/aromatic N) is 2. The van der Waals surface area contributed by atoms with E-state index in [2.05, 4.69) is 17.2 Å². The summed E-state index contributed by atoms with van der Waals surface area (Å²) in [5.41, 5.74) is 0.956. The second-order valence-corrected chi connectivity index (χ2v) is 5.19. The van der Waals surface area contributed by atoms with Crippen molar-refractivity contribution >= 4 is 12.1 Å². The lowest BCUT2D eigenvalue weighted by molar-refractivity contribution is 0.197. The first kappa shape index (κ1) is 16.3. The molecule has 1 saturated heterocycles. The highest BCUT2D eigenvalue weighted by Gasteiger charge is 2.27. The van der Waals surface area contributed by atoms with Crippen LogP contribution in [0.3, 0.4) is 0 Å². The lowest BCUT2D eigenvalue weighted by atomic mass is 10.2. The van der Waals surface area contributed by atoms with Gasteiger partial charge in [-0.1, -0.05) is 12.2 Å². The van der Waals surface area contributed by atoms with Crippen LogP contribution in [0.4, 0.5) is 9.59 Å². The SMILES string of the molecule is C=C(C)CN(CC)C(=O)N[C@@H]1CCN(C(=O)NCC)C1. The molecule has 114 valence electrons. The van der Waals surface area contributed by atoms with E-state index in [1.807, 2.05) is 20.8 Å². The van der Waals surface area contributed by atoms with Gasteiger partial charge in [-0.2, -0.15) is 0 Å². The number of amides is 4. The van der Waals surface area contributed by atoms with E-state index in [1.165, 1.54) is 0 Å². The maximum absolute atomic E-state index is 12.1. The summed E-state index contributed by atoms with van der Waals surface area (Å²) in [6.07, 6.45) is 0.799. The Bertz CT molecular complexity index is 370. The molecule has 2 N–H and O–H groups in total. The molecule has 0 saturated carbocycles. The van der Waals surface area contributed by atoms with Crippen LogP contribution in [0.2, 0.25) is 0 Å². The molecule has 0 unspecified atom stereocenters. The van der Waals surface area contributed by atoms with E-state index >= 15 is 0 Å². The standard InChI is InChI=1S/C14H26N4O2/c1-5-15-13(19)18-8-7-12(10-18)16-14(20)17(6-2)9-11(3)4/h12H,3,5-10H2,1-2,4H3,(H,15,19)(H,16,20)/t12-/m1/s1. The minimum Gasteiger partial charge on any atom is -0.338 e. The van der Waals surface area contributed by atoms with Gasteiger partial charge in [0.25, 0.3) is 0 Å². The van der Waals surface area contributed by atoms with Crippen LogP contribution in [0, 0.1) is 0 Å². The Balaban J connectivity index is 2.43. The van der Waals surface area contributed by atoms with E-state index in [4.69, 9.17) is 0 Å². The maximum Gasteiger partial charge on any atom is 0.317 e. The van der Waals surface area contributed by atoms with Crippen LogP contribution in [0.15, 0.2) is 12.2 Å². The van der Waals surface area contributed by atoms with Gasteiger partial charge in [-0.05, 0) is 27.2 Å². The molecule has 0 aliphatic carbocycles. The predicted molar refractivity (Wildman–Crippen MR) is 79.6 cm³/mol. The molecule has 1 fully saturated rings. The number of nitrogens with one attached hydrogen (secondary N) is 2. The third-order valence-corrected chi connectivity index (χ3v) is 3.26. The van der Waals surface area contributed by atoms with Crippen molar-refractivity contribution in [3.05, 3.63) is 12.2 Å². The first-order valence-electron chi connectivity index (χ1n) is 7.20. The highest BCUT2D eigenvalue weighted by Crippen LogP contribution is 2.10. The normalized spacial score (nSPS) is 17.8. The van der Waals surface area contributed by atoms with Crippen LogP contribution in [-0.2, 0) is 0 Å². The van der Waals surface area contributed by atoms with E-state index in [9.17, 15) is 9.59 Å². The molecule has 1 rings (SSSR count). The Kier molecular flexibility index (Phi) is 6.35. The van der Waals surface area contributed by atoms with Gasteiger partial charge in [-0.3, -0.25) is 0 Å². The molecule has 4 amide bonds. The zero-order valence-corrected chi connectivity index (χ0v) is 12.7. The Morgan fingerprint density at radius 2 is 2.10 bits per heavy atom. The van der Waals surface area contributed by atoms with E-state index in [0.717, 1.165) is 12.0 Å². The van der Waals surface area contributed by atoms with Gasteiger partial charge in [0.1, 0.15) is 0 Å². The smallest absolute Gasteiger partial charge is 0.317 e. The van der Waals surface area contributed by atoms with Gasteiger partial charge in [-0.15, -0.1) is 0 Å². The van der Waals surface area contributed by atoms with Crippen molar-refractivity contribution < 1.29 is 9.59 Å². The molecular weight excluding hydrogens is 256 g/mol. The predicted octanol–water partition coefficient (Wildman–Crippen LogP) is 1.40. The molecule has 0 aromatic rings. The van der Waals surface area contributed by atoms with Crippen molar-refractivity contribution in [2.45, 2.75) is 33.2 Å². The number of carbonyl (C=O) groups excluding carboxylic acids is 2. The second kappa shape index (κ2) is 7.77. The monoisotopic (exact) mass is 282 g/mol. The molecule has 6 nitrogen and oxygen atoms in total. The lowest BCUT2D eigenvalue weighted by Crippen LogP contribution is -2.47. The average molecular weight is 282 g/mol. The topological polar surface area (TPSA) is 64.7 Å². The molecule has 6 heteroatoms. The van der Waals surface area contributed by atoms with Crippen molar-refractivity contribution in [2.24, 2.45) is 0 Å². The Labute approximate surface area is 121 Å². The maximum atomic E-state index is 12.1. The summed E-state index contributed by atoms with van der Waals surface area (Å²) in [5, 5.41) is 5.76. The molecule has 0 spiro atoms. The molecule has 20 heavy (non-hydrogen) atoms. The minimum atomic E-state index is -0.0850. The van der Waals surface area contributed by atoms with Crippen molar-refractivity contribution in [3.63, 3.8) is 0 Å². The summed E-state index contributed by atoms with van der Waals surface area (Å²) in [4.78, 5) is 27.3. The molecule has 1 atom stereocenters. The van der Waals surface area contributed by atoms with Crippen LogP contribution < -0.4 is 10.6 Å². The molecule has 0 bridgehead atoms. The average Bonchev–Trinajstić information content (AvgIpc) is 2.84. The Hall–Kier alpha value is -1.72. The molecular formula is C14H26N4O2. The number of hydrogen-bond donors (Lipinski definition) is 2. The Morgan fingerprint density at radius 1 is 1.40 bits per heavy atom. The number of urea groups is 2. The van der Waals surface area contributed by atoms with Crippen molar-refractivity contribution in [1.82, 2.24) is 20.4 Å². The van der Waals surface area contributed by atoms with E-state index in [0.29, 0.717) is 32.7 Å². The van der Waals surface area contributed by atoms with Crippen LogP contribution in [0.25, 0.3) is 0 Å². The van der Waals surface area contributed by atoms with Crippen LogP contribution >= 0.6 is 0 Å². The molecule has 0 radical (unpaired) electrons. The largest absolute Gasteiger partial charge is 0.338 e. The molecule has 1 heterocycles. The second-order valence-electron chi connectivity index (χ2n) is 5.19. The van der Waals surface area contributed by atoms with Gasteiger partial charge < -0.3 is 20.4 Å². The van der Waals surface area contributed by atoms with Crippen LogP contribution in [0.5, 0.6) is 0 Å². The van der Waals surface area contributed by atoms with E-state index in [1.54, 1.807) is 9.80 Å². The first-order chi connectivity index (χ1) is 9.47. The fourth-order valence-electron chi connectivity index (χ4n) is 2.24. The van der Waals surface area contributed by atoms with Gasteiger partial charge in [0.15, 0.2) is 0 Å². The zero-order chi connectivity index (χ0) is 15.1. The van der Waals surface area contributed by atoms with Gasteiger partial charge in [0.2, 0.25) is 0 Å². The fourth-order valence-corrected chi connectivity index (χ4v) is 2.24. The molecule has 1 aliphatic rings. The van der Waals surface area contributed by atoms with Crippen molar-refractivity contribution in [3.8, 4) is 0 Å². The quantitative estimate of drug-likeness (QED) is 0.749. The number of carbonyl (C=O) groups is 2. The molecule has 1 aliphatic heterocycles. The number of hydrogen-bond acceptors (Lipinski definition) is 2. The van der Waals surface area contributed by atoms with Gasteiger partial charge in [-0.25, -0.2) is 9.59 Å². The third kappa shape index (κ3) is 4.75. The summed E-state index contributed by atoms with van der Waals surface area (Å²) < 4.78 is 0. The summed E-state index contributed by atoms with van der Waals surface area (Å²) >= 11 is 0. The van der Waals surface area contributed by atoms with Crippen LogP contribution in [0.1, 0.15) is 27.2 Å². The third-order valence-electron chi connectivity index (χ3n) is 3.26. The van der Waals surface area contributed by atoms with Crippen molar-refractivity contribution in [2.75, 3.05) is 32.7 Å². The molecule has 0 aromatic carbocycles. The first-order valence-corrected chi connectivity index (χ1v) is 7.20. The number of likely N-dealkylation sites (N-methyl/N-ethyl adjacent to an activating group) is 1. The minimum absolute atomic E-state index is 0.0317.